The third-order valence-electron chi connectivity index (χ3n) is 5.33. The van der Waals surface area contributed by atoms with E-state index in [1.165, 1.54) is 0 Å². The predicted octanol–water partition coefficient (Wildman–Crippen LogP) is 4.46. The van der Waals surface area contributed by atoms with Gasteiger partial charge >= 0.3 is 11.9 Å². The molecule has 5 nitrogen and oxygen atoms in total. The Morgan fingerprint density at radius 1 is 0.897 bits per heavy atom. The molecule has 2 aromatic rings. The highest BCUT2D eigenvalue weighted by molar-refractivity contribution is 6.00. The lowest BCUT2D eigenvalue weighted by molar-refractivity contribution is -0.172. The van der Waals surface area contributed by atoms with Gasteiger partial charge < -0.3 is 14.2 Å². The number of ether oxygens (including phenoxy) is 3. The largest absolute Gasteiger partial charge is 0.465 e. The molecule has 1 fully saturated rings. The summed E-state index contributed by atoms with van der Waals surface area (Å²) in [5.41, 5.74) is 0.779. The molecule has 5 heteroatoms. The standard InChI is InChI=1S/C24H28O5/c1-3-27-22(25)24(23(26)28-4-2)16-15-20(17-24)29-21(18-11-7-5-8-12-18)19-13-9-6-10-14-19/h5-14,20-21H,3-4,15-17H2,1-2H3/t20-/m0/s1. The second kappa shape index (κ2) is 9.70. The second-order valence-corrected chi connectivity index (χ2v) is 7.23. The van der Waals surface area contributed by atoms with Crippen LogP contribution in [0.15, 0.2) is 60.7 Å². The van der Waals surface area contributed by atoms with E-state index in [1.54, 1.807) is 13.8 Å². The minimum Gasteiger partial charge on any atom is -0.465 e. The molecule has 0 unspecified atom stereocenters. The number of hydrogen-bond donors (Lipinski definition) is 0. The van der Waals surface area contributed by atoms with Gasteiger partial charge in [0.25, 0.3) is 0 Å². The number of carbonyl (C=O) groups is 2. The first kappa shape index (κ1) is 21.1. The Hall–Kier alpha value is -2.66. The molecule has 0 aromatic heterocycles. The average Bonchev–Trinajstić information content (AvgIpc) is 3.19. The van der Waals surface area contributed by atoms with Crippen LogP contribution in [-0.2, 0) is 23.8 Å². The van der Waals surface area contributed by atoms with Crippen LogP contribution < -0.4 is 0 Å². The van der Waals surface area contributed by atoms with Crippen LogP contribution in [0.3, 0.4) is 0 Å². The van der Waals surface area contributed by atoms with Crippen LogP contribution in [0.2, 0.25) is 0 Å². The van der Waals surface area contributed by atoms with E-state index in [1.807, 2.05) is 60.7 Å². The molecule has 29 heavy (non-hydrogen) atoms. The Morgan fingerprint density at radius 3 is 1.83 bits per heavy atom. The molecule has 0 radical (unpaired) electrons. The summed E-state index contributed by atoms with van der Waals surface area (Å²) in [6, 6.07) is 19.9. The molecule has 0 bridgehead atoms. The molecule has 0 heterocycles. The highest BCUT2D eigenvalue weighted by atomic mass is 16.6. The van der Waals surface area contributed by atoms with Crippen LogP contribution >= 0.6 is 0 Å². The zero-order valence-electron chi connectivity index (χ0n) is 17.0. The molecule has 1 atom stereocenters. The van der Waals surface area contributed by atoms with E-state index in [0.717, 1.165) is 11.1 Å². The monoisotopic (exact) mass is 396 g/mol. The van der Waals surface area contributed by atoms with Crippen molar-refractivity contribution in [3.63, 3.8) is 0 Å². The molecule has 0 spiro atoms. The quantitative estimate of drug-likeness (QED) is 0.487. The summed E-state index contributed by atoms with van der Waals surface area (Å²) >= 11 is 0. The summed E-state index contributed by atoms with van der Waals surface area (Å²) in [6.07, 6.45) is 0.692. The van der Waals surface area contributed by atoms with Gasteiger partial charge in [-0.15, -0.1) is 0 Å². The fourth-order valence-electron chi connectivity index (χ4n) is 3.91. The highest BCUT2D eigenvalue weighted by Gasteiger charge is 2.54. The summed E-state index contributed by atoms with van der Waals surface area (Å²) in [5, 5.41) is 0. The maximum Gasteiger partial charge on any atom is 0.323 e. The maximum absolute atomic E-state index is 12.7. The summed E-state index contributed by atoms with van der Waals surface area (Å²) in [5.74, 6) is -1.03. The number of esters is 2. The summed E-state index contributed by atoms with van der Waals surface area (Å²) < 4.78 is 16.9. The van der Waals surface area contributed by atoms with Crippen molar-refractivity contribution >= 4 is 11.9 Å². The Balaban J connectivity index is 1.84. The van der Waals surface area contributed by atoms with E-state index >= 15 is 0 Å². The molecule has 0 amide bonds. The van der Waals surface area contributed by atoms with Crippen LogP contribution in [0.1, 0.15) is 50.3 Å². The lowest BCUT2D eigenvalue weighted by Gasteiger charge is -2.26. The third-order valence-corrected chi connectivity index (χ3v) is 5.33. The first-order chi connectivity index (χ1) is 14.1. The molecule has 3 rings (SSSR count). The van der Waals surface area contributed by atoms with Gasteiger partial charge in [-0.05, 0) is 37.8 Å². The normalized spacial score (nSPS) is 17.8. The lowest BCUT2D eigenvalue weighted by Crippen LogP contribution is -2.40. The van der Waals surface area contributed by atoms with Gasteiger partial charge in [0.1, 0.15) is 6.10 Å². The molecule has 1 aliphatic carbocycles. The summed E-state index contributed by atoms with van der Waals surface area (Å²) in [7, 11) is 0. The van der Waals surface area contributed by atoms with Crippen LogP contribution in [0, 0.1) is 5.41 Å². The SMILES string of the molecule is CCOC(=O)C1(C(=O)OCC)CC[C@H](OC(c2ccccc2)c2ccccc2)C1. The molecule has 1 saturated carbocycles. The van der Waals surface area contributed by atoms with Gasteiger partial charge in [-0.1, -0.05) is 60.7 Å². The number of carbonyl (C=O) groups excluding carboxylic acids is 2. The smallest absolute Gasteiger partial charge is 0.323 e. The van der Waals surface area contributed by atoms with Crippen LogP contribution in [-0.4, -0.2) is 31.3 Å². The Bertz CT molecular complexity index is 745. The second-order valence-electron chi connectivity index (χ2n) is 7.23. The van der Waals surface area contributed by atoms with E-state index in [0.29, 0.717) is 12.8 Å². The molecular formula is C24H28O5. The van der Waals surface area contributed by atoms with Crippen molar-refractivity contribution in [2.24, 2.45) is 5.41 Å². The van der Waals surface area contributed by atoms with Gasteiger partial charge in [0.2, 0.25) is 0 Å². The van der Waals surface area contributed by atoms with Gasteiger partial charge in [-0.25, -0.2) is 0 Å². The zero-order chi connectivity index (χ0) is 20.7. The van der Waals surface area contributed by atoms with E-state index in [4.69, 9.17) is 14.2 Å². The number of hydrogen-bond acceptors (Lipinski definition) is 5. The minimum atomic E-state index is -1.28. The van der Waals surface area contributed by atoms with E-state index in [9.17, 15) is 9.59 Å². The van der Waals surface area contributed by atoms with Gasteiger partial charge in [0.05, 0.1) is 19.3 Å². The van der Waals surface area contributed by atoms with E-state index in [-0.39, 0.29) is 31.8 Å². The maximum atomic E-state index is 12.7. The van der Waals surface area contributed by atoms with Crippen LogP contribution in [0.5, 0.6) is 0 Å². The summed E-state index contributed by atoms with van der Waals surface area (Å²) in [4.78, 5) is 25.4. The Labute approximate surface area is 172 Å². The number of rotatable bonds is 8. The van der Waals surface area contributed by atoms with Crippen LogP contribution in [0.25, 0.3) is 0 Å². The third kappa shape index (κ3) is 4.67. The van der Waals surface area contributed by atoms with Crippen molar-refractivity contribution in [2.75, 3.05) is 13.2 Å². The molecule has 2 aromatic carbocycles. The van der Waals surface area contributed by atoms with E-state index < -0.39 is 17.4 Å². The molecule has 0 N–H and O–H groups in total. The van der Waals surface area contributed by atoms with Crippen molar-refractivity contribution in [3.05, 3.63) is 71.8 Å². The van der Waals surface area contributed by atoms with E-state index in [2.05, 4.69) is 0 Å². The van der Waals surface area contributed by atoms with Crippen molar-refractivity contribution in [1.82, 2.24) is 0 Å². The molecule has 0 aliphatic heterocycles. The fourth-order valence-corrected chi connectivity index (χ4v) is 3.91. The van der Waals surface area contributed by atoms with Gasteiger partial charge in [0.15, 0.2) is 5.41 Å². The number of benzene rings is 2. The first-order valence-electron chi connectivity index (χ1n) is 10.2. The molecule has 0 saturated heterocycles. The van der Waals surface area contributed by atoms with Crippen molar-refractivity contribution in [3.8, 4) is 0 Å². The Kier molecular flexibility index (Phi) is 7.04. The highest BCUT2D eigenvalue weighted by Crippen LogP contribution is 2.44. The first-order valence-corrected chi connectivity index (χ1v) is 10.2. The van der Waals surface area contributed by atoms with Crippen molar-refractivity contribution in [1.29, 1.82) is 0 Å². The molecule has 154 valence electrons. The summed E-state index contributed by atoms with van der Waals surface area (Å²) in [6.45, 7) is 3.92. The predicted molar refractivity (Wildman–Crippen MR) is 109 cm³/mol. The Morgan fingerprint density at radius 2 is 1.38 bits per heavy atom. The van der Waals surface area contributed by atoms with Gasteiger partial charge in [-0.3, -0.25) is 9.59 Å². The lowest BCUT2D eigenvalue weighted by atomic mass is 9.86. The average molecular weight is 396 g/mol. The zero-order valence-corrected chi connectivity index (χ0v) is 17.0. The van der Waals surface area contributed by atoms with Gasteiger partial charge in [0, 0.05) is 6.42 Å². The van der Waals surface area contributed by atoms with Gasteiger partial charge in [-0.2, -0.15) is 0 Å². The minimum absolute atomic E-state index is 0.224. The fraction of sp³-hybridized carbons (Fsp3) is 0.417. The molecule has 1 aliphatic rings. The van der Waals surface area contributed by atoms with Crippen molar-refractivity contribution < 1.29 is 23.8 Å². The topological polar surface area (TPSA) is 61.8 Å². The van der Waals surface area contributed by atoms with Crippen LogP contribution in [0.4, 0.5) is 0 Å². The van der Waals surface area contributed by atoms with Crippen molar-refractivity contribution in [2.45, 2.75) is 45.3 Å². The molecular weight excluding hydrogens is 368 g/mol.